The molecule has 2 aromatic carbocycles. The Morgan fingerprint density at radius 3 is 2.59 bits per heavy atom. The number of benzene rings is 2. The minimum atomic E-state index is 0.608. The van der Waals surface area contributed by atoms with Gasteiger partial charge in [-0.25, -0.2) is 4.98 Å². The van der Waals surface area contributed by atoms with Gasteiger partial charge >= 0.3 is 0 Å². The van der Waals surface area contributed by atoms with Gasteiger partial charge in [-0.1, -0.05) is 36.4 Å². The van der Waals surface area contributed by atoms with Crippen molar-refractivity contribution in [3.05, 3.63) is 65.5 Å². The summed E-state index contributed by atoms with van der Waals surface area (Å²) in [5.74, 6) is 2.85. The topological polar surface area (TPSA) is 39.5 Å². The van der Waals surface area contributed by atoms with E-state index in [0.29, 0.717) is 6.04 Å². The molecule has 5 nitrogen and oxygen atoms in total. The smallest absolute Gasteiger partial charge is 0.140 e. The number of aromatic nitrogens is 2. The monoisotopic (exact) mass is 389 g/mol. The first-order chi connectivity index (χ1) is 14.3. The van der Waals surface area contributed by atoms with Crippen molar-refractivity contribution in [1.29, 1.82) is 0 Å². The van der Waals surface area contributed by atoms with Crippen LogP contribution in [-0.2, 0) is 19.5 Å². The van der Waals surface area contributed by atoms with E-state index in [1.165, 1.54) is 35.4 Å². The number of nitrogens with zero attached hydrogens (tertiary/aromatic N) is 3. The van der Waals surface area contributed by atoms with Crippen molar-refractivity contribution in [3.8, 4) is 22.9 Å². The van der Waals surface area contributed by atoms with Gasteiger partial charge in [-0.05, 0) is 18.9 Å². The quantitative estimate of drug-likeness (QED) is 0.624. The Balaban J connectivity index is 1.43. The first-order valence-corrected chi connectivity index (χ1v) is 10.4. The standard InChI is InChI=1S/C24H27N3O2/c1-28-20-11-8-18(23(14-20)29-2)15-26-13-12-21-22(16-26)27(19-9-10-19)24(25-21)17-6-4-3-5-7-17/h3-8,11,14,19H,9-10,12-13,15-16H2,1-2H3. The van der Waals surface area contributed by atoms with Gasteiger partial charge in [0.25, 0.3) is 0 Å². The SMILES string of the molecule is COc1ccc(CN2CCc3nc(-c4ccccc4)n(C4CC4)c3C2)c(OC)c1. The van der Waals surface area contributed by atoms with Crippen molar-refractivity contribution in [1.82, 2.24) is 14.5 Å². The Labute approximate surface area is 171 Å². The molecule has 0 bridgehead atoms. The molecule has 1 aliphatic heterocycles. The van der Waals surface area contributed by atoms with Crippen molar-refractivity contribution < 1.29 is 9.47 Å². The minimum absolute atomic E-state index is 0.608. The molecule has 5 heteroatoms. The van der Waals surface area contributed by atoms with E-state index < -0.39 is 0 Å². The molecular weight excluding hydrogens is 362 g/mol. The van der Waals surface area contributed by atoms with Crippen LogP contribution >= 0.6 is 0 Å². The second-order valence-corrected chi connectivity index (χ2v) is 7.93. The number of ether oxygens (including phenoxy) is 2. The highest BCUT2D eigenvalue weighted by Gasteiger charge is 2.33. The van der Waals surface area contributed by atoms with E-state index in [1.54, 1.807) is 14.2 Å². The molecule has 2 heterocycles. The molecule has 1 aromatic heterocycles. The molecule has 1 fully saturated rings. The summed E-state index contributed by atoms with van der Waals surface area (Å²) in [5.41, 5.74) is 5.08. The third-order valence-corrected chi connectivity index (χ3v) is 5.96. The first kappa shape index (κ1) is 18.3. The van der Waals surface area contributed by atoms with Gasteiger partial charge < -0.3 is 14.0 Å². The van der Waals surface area contributed by atoms with Crippen molar-refractivity contribution >= 4 is 0 Å². The maximum absolute atomic E-state index is 5.61. The van der Waals surface area contributed by atoms with Crippen molar-refractivity contribution in [2.75, 3.05) is 20.8 Å². The van der Waals surface area contributed by atoms with Crippen LogP contribution in [0, 0.1) is 0 Å². The summed E-state index contributed by atoms with van der Waals surface area (Å²) in [6.07, 6.45) is 3.51. The van der Waals surface area contributed by atoms with Gasteiger partial charge in [0.05, 0.1) is 25.6 Å². The number of imidazole rings is 1. The summed E-state index contributed by atoms with van der Waals surface area (Å²) >= 11 is 0. The molecule has 3 aromatic rings. The van der Waals surface area contributed by atoms with Crippen LogP contribution in [0.15, 0.2) is 48.5 Å². The lowest BCUT2D eigenvalue weighted by Crippen LogP contribution is -2.31. The molecule has 29 heavy (non-hydrogen) atoms. The van der Waals surface area contributed by atoms with Crippen LogP contribution in [0.5, 0.6) is 11.5 Å². The number of fused-ring (bicyclic) bond motifs is 1. The van der Waals surface area contributed by atoms with E-state index in [1.807, 2.05) is 12.1 Å². The predicted molar refractivity (Wildman–Crippen MR) is 113 cm³/mol. The van der Waals surface area contributed by atoms with Crippen LogP contribution in [0.25, 0.3) is 11.4 Å². The molecule has 150 valence electrons. The predicted octanol–water partition coefficient (Wildman–Crippen LogP) is 4.46. The van der Waals surface area contributed by atoms with Gasteiger partial charge in [0.1, 0.15) is 17.3 Å². The molecular formula is C24H27N3O2. The summed E-state index contributed by atoms with van der Waals surface area (Å²) < 4.78 is 13.5. The fourth-order valence-corrected chi connectivity index (χ4v) is 4.31. The average Bonchev–Trinajstić information content (AvgIpc) is 3.54. The summed E-state index contributed by atoms with van der Waals surface area (Å²) in [6, 6.07) is 17.3. The molecule has 0 N–H and O–H groups in total. The number of hydrogen-bond donors (Lipinski definition) is 0. The minimum Gasteiger partial charge on any atom is -0.497 e. The van der Waals surface area contributed by atoms with Crippen molar-refractivity contribution in [2.24, 2.45) is 0 Å². The van der Waals surface area contributed by atoms with Gasteiger partial charge in [-0.15, -0.1) is 0 Å². The van der Waals surface area contributed by atoms with Crippen molar-refractivity contribution in [2.45, 2.75) is 38.4 Å². The van der Waals surface area contributed by atoms with E-state index in [2.05, 4.69) is 45.9 Å². The van der Waals surface area contributed by atoms with E-state index >= 15 is 0 Å². The summed E-state index contributed by atoms with van der Waals surface area (Å²) in [5, 5.41) is 0. The lowest BCUT2D eigenvalue weighted by molar-refractivity contribution is 0.233. The van der Waals surface area contributed by atoms with Crippen LogP contribution in [0.1, 0.15) is 35.8 Å². The van der Waals surface area contributed by atoms with Crippen LogP contribution in [0.2, 0.25) is 0 Å². The van der Waals surface area contributed by atoms with Gasteiger partial charge in [-0.3, -0.25) is 4.90 Å². The summed E-state index contributed by atoms with van der Waals surface area (Å²) in [6.45, 7) is 2.81. The molecule has 0 atom stereocenters. The zero-order valence-electron chi connectivity index (χ0n) is 17.1. The average molecular weight is 389 g/mol. The van der Waals surface area contributed by atoms with Crippen LogP contribution in [0.4, 0.5) is 0 Å². The second-order valence-electron chi connectivity index (χ2n) is 7.93. The molecule has 2 aliphatic rings. The maximum atomic E-state index is 5.61. The molecule has 0 spiro atoms. The highest BCUT2D eigenvalue weighted by molar-refractivity contribution is 5.57. The number of methoxy groups -OCH3 is 2. The lowest BCUT2D eigenvalue weighted by atomic mass is 10.1. The fraction of sp³-hybridized carbons (Fsp3) is 0.375. The fourth-order valence-electron chi connectivity index (χ4n) is 4.31. The van der Waals surface area contributed by atoms with Crippen LogP contribution < -0.4 is 9.47 Å². The van der Waals surface area contributed by atoms with Gasteiger partial charge in [-0.2, -0.15) is 0 Å². The third-order valence-electron chi connectivity index (χ3n) is 5.96. The Morgan fingerprint density at radius 1 is 1.03 bits per heavy atom. The molecule has 1 saturated carbocycles. The normalized spacial score (nSPS) is 16.5. The zero-order valence-corrected chi connectivity index (χ0v) is 17.1. The molecule has 0 radical (unpaired) electrons. The maximum Gasteiger partial charge on any atom is 0.140 e. The largest absolute Gasteiger partial charge is 0.497 e. The Morgan fingerprint density at radius 2 is 1.86 bits per heavy atom. The zero-order chi connectivity index (χ0) is 19.8. The molecule has 0 amide bonds. The van der Waals surface area contributed by atoms with Crippen molar-refractivity contribution in [3.63, 3.8) is 0 Å². The number of hydrogen-bond acceptors (Lipinski definition) is 4. The Kier molecular flexibility index (Phi) is 4.76. The molecule has 0 saturated heterocycles. The van der Waals surface area contributed by atoms with E-state index in [9.17, 15) is 0 Å². The number of rotatable bonds is 6. The van der Waals surface area contributed by atoms with Gasteiger partial charge in [0, 0.05) is 49.3 Å². The van der Waals surface area contributed by atoms with Crippen LogP contribution in [0.3, 0.4) is 0 Å². The highest BCUT2D eigenvalue weighted by atomic mass is 16.5. The summed E-state index contributed by atoms with van der Waals surface area (Å²) in [4.78, 5) is 7.58. The summed E-state index contributed by atoms with van der Waals surface area (Å²) in [7, 11) is 3.41. The third kappa shape index (κ3) is 3.51. The second kappa shape index (κ2) is 7.56. The first-order valence-electron chi connectivity index (χ1n) is 10.4. The van der Waals surface area contributed by atoms with Gasteiger partial charge in [0.15, 0.2) is 0 Å². The molecule has 1 aliphatic carbocycles. The lowest BCUT2D eigenvalue weighted by Gasteiger charge is -2.28. The van der Waals surface area contributed by atoms with Gasteiger partial charge in [0.2, 0.25) is 0 Å². The Hall–Kier alpha value is -2.79. The molecule has 5 rings (SSSR count). The van der Waals surface area contributed by atoms with Crippen LogP contribution in [-0.4, -0.2) is 35.2 Å². The van der Waals surface area contributed by atoms with E-state index in [-0.39, 0.29) is 0 Å². The Bertz CT molecular complexity index is 1010. The highest BCUT2D eigenvalue weighted by Crippen LogP contribution is 2.41. The molecule has 0 unspecified atom stereocenters. The van der Waals surface area contributed by atoms with E-state index in [0.717, 1.165) is 43.4 Å². The van der Waals surface area contributed by atoms with E-state index in [4.69, 9.17) is 14.5 Å².